The predicted molar refractivity (Wildman–Crippen MR) is 94.9 cm³/mol. The van der Waals surface area contributed by atoms with Crippen LogP contribution in [0.15, 0.2) is 24.3 Å². The molecular weight excluding hydrogens is 254 g/mol. The Labute approximate surface area is 132 Å². The zero-order valence-corrected chi connectivity index (χ0v) is 15.1. The number of hydrogen-bond acceptors (Lipinski definition) is 1. The van der Waals surface area contributed by atoms with Crippen molar-refractivity contribution in [2.75, 3.05) is 6.54 Å². The highest BCUT2D eigenvalue weighted by Crippen LogP contribution is 2.34. The molecule has 1 heteroatoms. The van der Waals surface area contributed by atoms with Crippen LogP contribution >= 0.6 is 0 Å². The molecule has 0 saturated carbocycles. The first-order valence-electron chi connectivity index (χ1n) is 8.61. The highest BCUT2D eigenvalue weighted by Gasteiger charge is 2.29. The molecule has 1 rings (SSSR count). The van der Waals surface area contributed by atoms with E-state index in [2.05, 4.69) is 71.1 Å². The minimum absolute atomic E-state index is 0.193. The molecule has 0 amide bonds. The SMILES string of the molecule is CCCCC(CC)(CNC(C)(C)C)Cc1ccccc1C. The van der Waals surface area contributed by atoms with E-state index >= 15 is 0 Å². The van der Waals surface area contributed by atoms with Crippen LogP contribution in [0.3, 0.4) is 0 Å². The van der Waals surface area contributed by atoms with Gasteiger partial charge in [0.1, 0.15) is 0 Å². The van der Waals surface area contributed by atoms with Gasteiger partial charge in [0.25, 0.3) is 0 Å². The van der Waals surface area contributed by atoms with Crippen molar-refractivity contribution in [2.45, 2.75) is 79.2 Å². The third-order valence-corrected chi connectivity index (χ3v) is 4.63. The summed E-state index contributed by atoms with van der Waals surface area (Å²) in [4.78, 5) is 0. The molecule has 0 fully saturated rings. The van der Waals surface area contributed by atoms with E-state index in [-0.39, 0.29) is 5.54 Å². The van der Waals surface area contributed by atoms with Gasteiger partial charge in [-0.25, -0.2) is 0 Å². The van der Waals surface area contributed by atoms with Gasteiger partial charge in [0.05, 0.1) is 0 Å². The summed E-state index contributed by atoms with van der Waals surface area (Å²) < 4.78 is 0. The molecule has 1 unspecified atom stereocenters. The molecule has 0 heterocycles. The van der Waals surface area contributed by atoms with Crippen LogP contribution in [-0.4, -0.2) is 12.1 Å². The minimum Gasteiger partial charge on any atom is -0.312 e. The summed E-state index contributed by atoms with van der Waals surface area (Å²) in [7, 11) is 0. The molecule has 120 valence electrons. The van der Waals surface area contributed by atoms with Crippen LogP contribution in [0.25, 0.3) is 0 Å². The monoisotopic (exact) mass is 289 g/mol. The number of aryl methyl sites for hydroxylation is 1. The van der Waals surface area contributed by atoms with Crippen LogP contribution in [0, 0.1) is 12.3 Å². The average molecular weight is 290 g/mol. The Morgan fingerprint density at radius 3 is 2.24 bits per heavy atom. The molecule has 1 aromatic carbocycles. The minimum atomic E-state index is 0.193. The normalized spacial score (nSPS) is 15.0. The van der Waals surface area contributed by atoms with Gasteiger partial charge in [-0.2, -0.15) is 0 Å². The van der Waals surface area contributed by atoms with Crippen molar-refractivity contribution in [1.29, 1.82) is 0 Å². The molecule has 21 heavy (non-hydrogen) atoms. The number of benzene rings is 1. The topological polar surface area (TPSA) is 12.0 Å². The molecule has 0 aliphatic heterocycles. The van der Waals surface area contributed by atoms with E-state index < -0.39 is 0 Å². The summed E-state index contributed by atoms with van der Waals surface area (Å²) in [6.45, 7) is 14.8. The van der Waals surface area contributed by atoms with Crippen molar-refractivity contribution in [2.24, 2.45) is 5.41 Å². The molecule has 1 atom stereocenters. The third kappa shape index (κ3) is 6.22. The molecular formula is C20H35N. The lowest BCUT2D eigenvalue weighted by atomic mass is 9.74. The first-order chi connectivity index (χ1) is 9.82. The van der Waals surface area contributed by atoms with Crippen molar-refractivity contribution in [3.8, 4) is 0 Å². The second kappa shape index (κ2) is 7.98. The Bertz CT molecular complexity index is 416. The summed E-state index contributed by atoms with van der Waals surface area (Å²) in [6.07, 6.45) is 6.36. The molecule has 0 aliphatic rings. The maximum absolute atomic E-state index is 3.76. The van der Waals surface area contributed by atoms with E-state index in [4.69, 9.17) is 0 Å². The fourth-order valence-electron chi connectivity index (χ4n) is 2.88. The van der Waals surface area contributed by atoms with Crippen LogP contribution in [0.1, 0.15) is 71.4 Å². The lowest BCUT2D eigenvalue weighted by molar-refractivity contribution is 0.206. The lowest BCUT2D eigenvalue weighted by Crippen LogP contribution is -2.44. The summed E-state index contributed by atoms with van der Waals surface area (Å²) in [5.74, 6) is 0. The first kappa shape index (κ1) is 18.2. The molecule has 1 N–H and O–H groups in total. The van der Waals surface area contributed by atoms with Crippen molar-refractivity contribution >= 4 is 0 Å². The zero-order valence-electron chi connectivity index (χ0n) is 15.1. The van der Waals surface area contributed by atoms with Gasteiger partial charge >= 0.3 is 0 Å². The standard InChI is InChI=1S/C20H35N/c1-7-9-14-20(8-2,16-21-19(4,5)6)15-18-13-11-10-12-17(18)3/h10-13,21H,7-9,14-16H2,1-6H3. The number of nitrogens with one attached hydrogen (secondary N) is 1. The molecule has 0 saturated heterocycles. The number of rotatable bonds is 8. The van der Waals surface area contributed by atoms with Crippen LogP contribution in [0.5, 0.6) is 0 Å². The van der Waals surface area contributed by atoms with Crippen molar-refractivity contribution in [3.05, 3.63) is 35.4 Å². The lowest BCUT2D eigenvalue weighted by Gasteiger charge is -2.37. The molecule has 0 spiro atoms. The van der Waals surface area contributed by atoms with E-state index in [0.717, 1.165) is 6.54 Å². The van der Waals surface area contributed by atoms with Gasteiger partial charge in [0.2, 0.25) is 0 Å². The summed E-state index contributed by atoms with van der Waals surface area (Å²) >= 11 is 0. The van der Waals surface area contributed by atoms with E-state index in [1.54, 1.807) is 0 Å². The Hall–Kier alpha value is -0.820. The van der Waals surface area contributed by atoms with Crippen molar-refractivity contribution in [1.82, 2.24) is 5.32 Å². The average Bonchev–Trinajstić information content (AvgIpc) is 2.43. The van der Waals surface area contributed by atoms with E-state index in [9.17, 15) is 0 Å². The van der Waals surface area contributed by atoms with Gasteiger partial charge in [0.15, 0.2) is 0 Å². The maximum atomic E-state index is 3.76. The molecule has 0 aromatic heterocycles. The fourth-order valence-corrected chi connectivity index (χ4v) is 2.88. The zero-order chi connectivity index (χ0) is 15.9. The van der Waals surface area contributed by atoms with Gasteiger partial charge in [-0.3, -0.25) is 0 Å². The third-order valence-electron chi connectivity index (χ3n) is 4.63. The van der Waals surface area contributed by atoms with E-state index in [1.807, 2.05) is 0 Å². The molecule has 1 aromatic rings. The Morgan fingerprint density at radius 1 is 1.05 bits per heavy atom. The quantitative estimate of drug-likeness (QED) is 0.665. The Kier molecular flexibility index (Phi) is 6.93. The summed E-state index contributed by atoms with van der Waals surface area (Å²) in [6, 6.07) is 8.88. The van der Waals surface area contributed by atoms with Crippen molar-refractivity contribution in [3.63, 3.8) is 0 Å². The second-order valence-corrected chi connectivity index (χ2v) is 7.66. The first-order valence-corrected chi connectivity index (χ1v) is 8.61. The van der Waals surface area contributed by atoms with Crippen LogP contribution in [-0.2, 0) is 6.42 Å². The van der Waals surface area contributed by atoms with E-state index in [0.29, 0.717) is 5.41 Å². The highest BCUT2D eigenvalue weighted by atomic mass is 15.0. The van der Waals surface area contributed by atoms with Crippen LogP contribution in [0.4, 0.5) is 0 Å². The smallest absolute Gasteiger partial charge is 0.00967 e. The molecule has 0 aliphatic carbocycles. The van der Waals surface area contributed by atoms with Crippen LogP contribution < -0.4 is 5.32 Å². The second-order valence-electron chi connectivity index (χ2n) is 7.66. The predicted octanol–water partition coefficient (Wildman–Crippen LogP) is 5.51. The van der Waals surface area contributed by atoms with E-state index in [1.165, 1.54) is 43.2 Å². The van der Waals surface area contributed by atoms with Gasteiger partial charge in [-0.05, 0) is 63.5 Å². The summed E-state index contributed by atoms with van der Waals surface area (Å²) in [5.41, 5.74) is 3.53. The number of unbranched alkanes of at least 4 members (excludes halogenated alkanes) is 1. The maximum Gasteiger partial charge on any atom is 0.00967 e. The summed E-state index contributed by atoms with van der Waals surface area (Å²) in [5, 5.41) is 3.76. The molecule has 0 radical (unpaired) electrons. The van der Waals surface area contributed by atoms with Gasteiger partial charge in [-0.1, -0.05) is 51.0 Å². The van der Waals surface area contributed by atoms with Crippen molar-refractivity contribution < 1.29 is 0 Å². The highest BCUT2D eigenvalue weighted by molar-refractivity contribution is 5.26. The van der Waals surface area contributed by atoms with Gasteiger partial charge < -0.3 is 5.32 Å². The largest absolute Gasteiger partial charge is 0.312 e. The Morgan fingerprint density at radius 2 is 1.71 bits per heavy atom. The van der Waals surface area contributed by atoms with Gasteiger partial charge in [0, 0.05) is 12.1 Å². The van der Waals surface area contributed by atoms with Gasteiger partial charge in [-0.15, -0.1) is 0 Å². The van der Waals surface area contributed by atoms with Crippen LogP contribution in [0.2, 0.25) is 0 Å². The fraction of sp³-hybridized carbons (Fsp3) is 0.700. The number of hydrogen-bond donors (Lipinski definition) is 1. The molecule has 1 nitrogen and oxygen atoms in total. The molecule has 0 bridgehead atoms. The Balaban J connectivity index is 2.91.